The van der Waals surface area contributed by atoms with E-state index in [1.54, 1.807) is 12.1 Å². The number of ketones is 1. The van der Waals surface area contributed by atoms with Crippen LogP contribution in [-0.4, -0.2) is 78.9 Å². The Hall–Kier alpha value is -3.67. The van der Waals surface area contributed by atoms with Gasteiger partial charge in [0.15, 0.2) is 22.4 Å². The minimum Gasteiger partial charge on any atom is -0.504 e. The zero-order valence-corrected chi connectivity index (χ0v) is 23.5. The number of hydrogen-bond acceptors (Lipinski definition) is 9. The number of Topliss-reactive ketones (excluding diaryl/α,β-unsaturated/α-hetero) is 1. The van der Waals surface area contributed by atoms with Crippen molar-refractivity contribution in [3.05, 3.63) is 59.7 Å². The Morgan fingerprint density at radius 1 is 1.03 bits per heavy atom. The van der Waals surface area contributed by atoms with Crippen LogP contribution in [0.4, 0.5) is 10.7 Å². The third kappa shape index (κ3) is 7.47. The first-order valence-corrected chi connectivity index (χ1v) is 13.8. The molecule has 1 aromatic heterocycles. The largest absolute Gasteiger partial charge is 0.504 e. The summed E-state index contributed by atoms with van der Waals surface area (Å²) in [5, 5.41) is 25.7. The highest BCUT2D eigenvalue weighted by molar-refractivity contribution is 7.80. The fourth-order valence-electron chi connectivity index (χ4n) is 4.21. The lowest BCUT2D eigenvalue weighted by atomic mass is 10.1. The maximum Gasteiger partial charge on any atom is 0.340 e. The van der Waals surface area contributed by atoms with Gasteiger partial charge in [-0.05, 0) is 67.1 Å². The third-order valence-electron chi connectivity index (χ3n) is 6.56. The molecule has 0 radical (unpaired) electrons. The topological polar surface area (TPSA) is 114 Å². The predicted octanol–water partition coefficient (Wildman–Crippen LogP) is 3.85. The number of esters is 1. The summed E-state index contributed by atoms with van der Waals surface area (Å²) in [6.07, 6.45) is 0.656. The number of likely N-dealkylation sites (N-methyl/N-ethyl adjacent to an activating group) is 1. The number of aryl methyl sites for hydroxylation is 1. The lowest BCUT2D eigenvalue weighted by Crippen LogP contribution is -2.44. The van der Waals surface area contributed by atoms with Gasteiger partial charge in [0.05, 0.1) is 19.2 Å². The number of phenolic OH excluding ortho intramolecular Hbond substituents is 2. The number of ether oxygens (including phenoxy) is 1. The number of rotatable bonds is 9. The van der Waals surface area contributed by atoms with Gasteiger partial charge in [0.25, 0.3) is 0 Å². The molecule has 9 nitrogen and oxygen atoms in total. The zero-order valence-electron chi connectivity index (χ0n) is 21.9. The van der Waals surface area contributed by atoms with Gasteiger partial charge < -0.3 is 35.4 Å². The van der Waals surface area contributed by atoms with Crippen molar-refractivity contribution in [3.63, 3.8) is 0 Å². The van der Waals surface area contributed by atoms with Crippen molar-refractivity contribution >= 4 is 51.1 Å². The second-order valence-electron chi connectivity index (χ2n) is 9.35. The molecule has 206 valence electrons. The Kier molecular flexibility index (Phi) is 9.39. The first-order chi connectivity index (χ1) is 18.7. The molecule has 0 unspecified atom stereocenters. The molecule has 4 rings (SSSR count). The van der Waals surface area contributed by atoms with Crippen LogP contribution in [0.3, 0.4) is 0 Å². The summed E-state index contributed by atoms with van der Waals surface area (Å²) in [4.78, 5) is 30.4. The highest BCUT2D eigenvalue weighted by atomic mass is 32.1. The van der Waals surface area contributed by atoms with E-state index < -0.39 is 5.97 Å². The van der Waals surface area contributed by atoms with E-state index in [-0.39, 0.29) is 35.4 Å². The van der Waals surface area contributed by atoms with Gasteiger partial charge in [0, 0.05) is 43.2 Å². The Balaban J connectivity index is 1.36. The van der Waals surface area contributed by atoms with Gasteiger partial charge >= 0.3 is 5.97 Å². The molecule has 0 spiro atoms. The molecule has 0 bridgehead atoms. The van der Waals surface area contributed by atoms with Gasteiger partial charge in [-0.15, -0.1) is 11.3 Å². The number of methoxy groups -OCH3 is 1. The van der Waals surface area contributed by atoms with Crippen molar-refractivity contribution in [1.82, 2.24) is 10.2 Å². The standard InChI is InChI=1S/C28H32N4O5S2/c1-31-11-13-32(14-12-31)20-7-5-19(6-8-20)25-16-22(27(36)37-2)26(39-25)30-28(38)29-17-21(33)9-3-18-4-10-23(34)24(35)15-18/h4-8,10,15-16,34-35H,3,9,11-14,17H2,1-2H3,(H2,29,30,38). The molecule has 0 atom stereocenters. The van der Waals surface area contributed by atoms with E-state index in [0.29, 0.717) is 17.0 Å². The van der Waals surface area contributed by atoms with E-state index in [9.17, 15) is 19.8 Å². The molecule has 1 fully saturated rings. The number of thiocarbonyl (C=S) groups is 1. The summed E-state index contributed by atoms with van der Waals surface area (Å²) < 4.78 is 4.97. The van der Waals surface area contributed by atoms with E-state index in [2.05, 4.69) is 39.6 Å². The van der Waals surface area contributed by atoms with Crippen LogP contribution in [0.15, 0.2) is 48.5 Å². The van der Waals surface area contributed by atoms with Crippen molar-refractivity contribution < 1.29 is 24.5 Å². The van der Waals surface area contributed by atoms with E-state index >= 15 is 0 Å². The van der Waals surface area contributed by atoms with Crippen LogP contribution in [0.2, 0.25) is 0 Å². The molecule has 1 aliphatic rings. The second-order valence-corrected chi connectivity index (χ2v) is 10.8. The highest BCUT2D eigenvalue weighted by Gasteiger charge is 2.20. The van der Waals surface area contributed by atoms with Crippen LogP contribution in [0, 0.1) is 0 Å². The predicted molar refractivity (Wildman–Crippen MR) is 158 cm³/mol. The zero-order chi connectivity index (χ0) is 27.9. The lowest BCUT2D eigenvalue weighted by molar-refractivity contribution is -0.118. The van der Waals surface area contributed by atoms with Crippen LogP contribution in [-0.2, 0) is 16.0 Å². The Morgan fingerprint density at radius 2 is 1.74 bits per heavy atom. The molecule has 2 heterocycles. The number of hydrogen-bond donors (Lipinski definition) is 4. The lowest BCUT2D eigenvalue weighted by Gasteiger charge is -2.34. The first-order valence-electron chi connectivity index (χ1n) is 12.6. The van der Waals surface area contributed by atoms with Crippen molar-refractivity contribution in [3.8, 4) is 21.9 Å². The molecular formula is C28H32N4O5S2. The maximum absolute atomic E-state index is 12.5. The van der Waals surface area contributed by atoms with Gasteiger partial charge in [-0.3, -0.25) is 4.79 Å². The Morgan fingerprint density at radius 3 is 2.41 bits per heavy atom. The summed E-state index contributed by atoms with van der Waals surface area (Å²) in [6, 6.07) is 14.6. The molecule has 3 aromatic rings. The van der Waals surface area contributed by atoms with Crippen LogP contribution < -0.4 is 15.5 Å². The van der Waals surface area contributed by atoms with Crippen LogP contribution >= 0.6 is 23.6 Å². The quantitative estimate of drug-likeness (QED) is 0.172. The Labute approximate surface area is 237 Å². The van der Waals surface area contributed by atoms with E-state index in [0.717, 1.165) is 42.2 Å². The van der Waals surface area contributed by atoms with E-state index in [1.807, 2.05) is 12.1 Å². The minimum atomic E-state index is -0.481. The summed E-state index contributed by atoms with van der Waals surface area (Å²) >= 11 is 6.76. The van der Waals surface area contributed by atoms with Crippen molar-refractivity contribution in [2.24, 2.45) is 0 Å². The maximum atomic E-state index is 12.5. The fourth-order valence-corrected chi connectivity index (χ4v) is 5.51. The van der Waals surface area contributed by atoms with Crippen molar-refractivity contribution in [2.45, 2.75) is 12.8 Å². The molecule has 39 heavy (non-hydrogen) atoms. The number of benzene rings is 2. The number of piperazine rings is 1. The average molecular weight is 569 g/mol. The monoisotopic (exact) mass is 568 g/mol. The van der Waals surface area contributed by atoms with Gasteiger partial charge in [0.2, 0.25) is 0 Å². The number of nitrogens with zero attached hydrogens (tertiary/aromatic N) is 2. The van der Waals surface area contributed by atoms with Gasteiger partial charge in [0.1, 0.15) is 5.00 Å². The average Bonchev–Trinajstić information content (AvgIpc) is 3.36. The number of carbonyl (C=O) groups is 2. The SMILES string of the molecule is COC(=O)c1cc(-c2ccc(N3CCN(C)CC3)cc2)sc1NC(=S)NCC(=O)CCc1ccc(O)c(O)c1. The van der Waals surface area contributed by atoms with Crippen molar-refractivity contribution in [1.29, 1.82) is 0 Å². The summed E-state index contributed by atoms with van der Waals surface area (Å²) in [6.45, 7) is 4.06. The minimum absolute atomic E-state index is 0.00937. The molecule has 1 saturated heterocycles. The van der Waals surface area contributed by atoms with E-state index in [4.69, 9.17) is 17.0 Å². The molecule has 2 aromatic carbocycles. The molecular weight excluding hydrogens is 536 g/mol. The first kappa shape index (κ1) is 28.3. The molecule has 0 saturated carbocycles. The van der Waals surface area contributed by atoms with Crippen LogP contribution in [0.25, 0.3) is 10.4 Å². The van der Waals surface area contributed by atoms with Crippen LogP contribution in [0.5, 0.6) is 11.5 Å². The number of phenols is 2. The van der Waals surface area contributed by atoms with E-state index in [1.165, 1.54) is 36.3 Å². The summed E-state index contributed by atoms with van der Waals surface area (Å²) in [5.74, 6) is -0.975. The third-order valence-corrected chi connectivity index (χ3v) is 7.91. The second kappa shape index (κ2) is 12.9. The summed E-state index contributed by atoms with van der Waals surface area (Å²) in [7, 11) is 3.46. The Bertz CT molecular complexity index is 1330. The number of aromatic hydroxyl groups is 2. The highest BCUT2D eigenvalue weighted by Crippen LogP contribution is 2.36. The smallest absolute Gasteiger partial charge is 0.340 e. The molecule has 1 aliphatic heterocycles. The molecule has 11 heteroatoms. The number of carbonyl (C=O) groups excluding carboxylic acids is 2. The fraction of sp³-hybridized carbons (Fsp3) is 0.321. The van der Waals surface area contributed by atoms with Gasteiger partial charge in [-0.1, -0.05) is 18.2 Å². The van der Waals surface area contributed by atoms with Crippen molar-refractivity contribution in [2.75, 3.05) is 57.1 Å². The number of thiophene rings is 1. The van der Waals surface area contributed by atoms with Gasteiger partial charge in [-0.25, -0.2) is 4.79 Å². The summed E-state index contributed by atoms with van der Waals surface area (Å²) in [5.41, 5.74) is 3.26. The normalized spacial score (nSPS) is 13.6. The molecule has 4 N–H and O–H groups in total. The van der Waals surface area contributed by atoms with Crippen LogP contribution in [0.1, 0.15) is 22.3 Å². The molecule has 0 amide bonds. The number of nitrogens with one attached hydrogen (secondary N) is 2. The van der Waals surface area contributed by atoms with Gasteiger partial charge in [-0.2, -0.15) is 0 Å². The number of anilines is 2. The molecule has 0 aliphatic carbocycles.